The maximum atomic E-state index is 12.5. The highest BCUT2D eigenvalue weighted by molar-refractivity contribution is 5.77. The fourth-order valence-corrected chi connectivity index (χ4v) is 3.32. The zero-order valence-electron chi connectivity index (χ0n) is 13.9. The zero-order chi connectivity index (χ0) is 17.0. The second-order valence-electron chi connectivity index (χ2n) is 7.03. The summed E-state index contributed by atoms with van der Waals surface area (Å²) in [6.45, 7) is 8.03. The SMILES string of the molecule is CC(=O)OC[C@@]12C[C@H]3OC(C)(C)O[C@H]3OC(=O)[C@@H]1OC(C)(C)O2. The molecule has 3 aliphatic heterocycles. The van der Waals surface area contributed by atoms with Gasteiger partial charge in [0.15, 0.2) is 17.7 Å². The molecule has 0 aliphatic carbocycles. The molecule has 0 aromatic rings. The molecule has 0 N–H and O–H groups in total. The van der Waals surface area contributed by atoms with Gasteiger partial charge in [0.1, 0.15) is 18.3 Å². The third-order valence-electron chi connectivity index (χ3n) is 3.98. The van der Waals surface area contributed by atoms with Crippen molar-refractivity contribution < 1.29 is 38.0 Å². The number of ether oxygens (including phenoxy) is 6. The molecule has 3 rings (SSSR count). The molecule has 0 aromatic carbocycles. The Bertz CT molecular complexity index is 528. The molecule has 0 spiro atoms. The standard InChI is InChI=1S/C15H22O8/c1-8(16)18-7-15-6-9-12(22-13(2,3)20-9)19-11(17)10(15)21-14(4,5)23-15/h9-10,12H,6-7H2,1-5H3/t9-,10+,12-,15+/m1/s1. The maximum absolute atomic E-state index is 12.5. The lowest BCUT2D eigenvalue weighted by atomic mass is 9.91. The molecule has 0 amide bonds. The highest BCUT2D eigenvalue weighted by Gasteiger charge is 2.63. The second kappa shape index (κ2) is 5.14. The van der Waals surface area contributed by atoms with Crippen LogP contribution in [-0.4, -0.2) is 54.2 Å². The quantitative estimate of drug-likeness (QED) is 0.689. The van der Waals surface area contributed by atoms with Gasteiger partial charge in [-0.25, -0.2) is 4.79 Å². The number of hydrogen-bond acceptors (Lipinski definition) is 8. The van der Waals surface area contributed by atoms with E-state index in [0.29, 0.717) is 0 Å². The molecule has 3 heterocycles. The van der Waals surface area contributed by atoms with Crippen molar-refractivity contribution in [3.05, 3.63) is 0 Å². The topological polar surface area (TPSA) is 89.5 Å². The van der Waals surface area contributed by atoms with Gasteiger partial charge >= 0.3 is 11.9 Å². The summed E-state index contributed by atoms with van der Waals surface area (Å²) in [7, 11) is 0. The molecule has 130 valence electrons. The molecule has 4 atom stereocenters. The summed E-state index contributed by atoms with van der Waals surface area (Å²) in [6, 6.07) is 0. The van der Waals surface area contributed by atoms with Gasteiger partial charge in [0.05, 0.1) is 0 Å². The number of fused-ring (bicyclic) bond motifs is 2. The molecule has 0 unspecified atom stereocenters. The van der Waals surface area contributed by atoms with E-state index < -0.39 is 47.6 Å². The largest absolute Gasteiger partial charge is 0.463 e. The number of hydrogen-bond donors (Lipinski definition) is 0. The van der Waals surface area contributed by atoms with Gasteiger partial charge in [-0.05, 0) is 27.7 Å². The Labute approximate surface area is 134 Å². The Hall–Kier alpha value is -1.22. The predicted molar refractivity (Wildman–Crippen MR) is 73.9 cm³/mol. The number of esters is 2. The van der Waals surface area contributed by atoms with Crippen LogP contribution in [0.25, 0.3) is 0 Å². The van der Waals surface area contributed by atoms with Crippen molar-refractivity contribution in [2.75, 3.05) is 6.61 Å². The molecule has 0 radical (unpaired) electrons. The first-order chi connectivity index (χ1) is 10.5. The van der Waals surface area contributed by atoms with Crippen molar-refractivity contribution in [1.82, 2.24) is 0 Å². The van der Waals surface area contributed by atoms with E-state index in [2.05, 4.69) is 0 Å². The first-order valence-electron chi connectivity index (χ1n) is 7.59. The minimum atomic E-state index is -1.17. The van der Waals surface area contributed by atoms with Crippen molar-refractivity contribution in [3.63, 3.8) is 0 Å². The van der Waals surface area contributed by atoms with E-state index >= 15 is 0 Å². The molecule has 8 heteroatoms. The van der Waals surface area contributed by atoms with Crippen molar-refractivity contribution >= 4 is 11.9 Å². The summed E-state index contributed by atoms with van der Waals surface area (Å²) in [5.74, 6) is -2.97. The van der Waals surface area contributed by atoms with Crippen LogP contribution in [0.4, 0.5) is 0 Å². The highest BCUT2D eigenvalue weighted by Crippen LogP contribution is 2.46. The van der Waals surface area contributed by atoms with Crippen molar-refractivity contribution in [3.8, 4) is 0 Å². The fraction of sp³-hybridized carbons (Fsp3) is 0.867. The Morgan fingerprint density at radius 2 is 1.87 bits per heavy atom. The first kappa shape index (κ1) is 16.6. The molecular formula is C15H22O8. The molecule has 3 fully saturated rings. The summed E-state index contributed by atoms with van der Waals surface area (Å²) in [5, 5.41) is 0. The molecule has 3 aliphatic rings. The van der Waals surface area contributed by atoms with Crippen LogP contribution < -0.4 is 0 Å². The monoisotopic (exact) mass is 330 g/mol. The van der Waals surface area contributed by atoms with Crippen molar-refractivity contribution in [2.45, 2.75) is 76.7 Å². The van der Waals surface area contributed by atoms with E-state index in [9.17, 15) is 9.59 Å². The van der Waals surface area contributed by atoms with Gasteiger partial charge in [-0.15, -0.1) is 0 Å². The van der Waals surface area contributed by atoms with Crippen LogP contribution in [0.3, 0.4) is 0 Å². The van der Waals surface area contributed by atoms with Crippen LogP contribution in [0, 0.1) is 0 Å². The Kier molecular flexibility index (Phi) is 3.72. The van der Waals surface area contributed by atoms with Gasteiger partial charge < -0.3 is 28.4 Å². The van der Waals surface area contributed by atoms with E-state index in [1.54, 1.807) is 27.7 Å². The minimum Gasteiger partial charge on any atom is -0.463 e. The zero-order valence-corrected chi connectivity index (χ0v) is 13.9. The predicted octanol–water partition coefficient (Wildman–Crippen LogP) is 0.864. The van der Waals surface area contributed by atoms with Crippen LogP contribution in [0.15, 0.2) is 0 Å². The lowest BCUT2D eigenvalue weighted by molar-refractivity contribution is -0.208. The van der Waals surface area contributed by atoms with Gasteiger partial charge in [-0.1, -0.05) is 0 Å². The van der Waals surface area contributed by atoms with Crippen molar-refractivity contribution in [2.24, 2.45) is 0 Å². The number of carbonyl (C=O) groups excluding carboxylic acids is 2. The highest BCUT2D eigenvalue weighted by atomic mass is 16.8. The Morgan fingerprint density at radius 1 is 1.17 bits per heavy atom. The summed E-state index contributed by atoms with van der Waals surface area (Å²) >= 11 is 0. The van der Waals surface area contributed by atoms with E-state index in [1.165, 1.54) is 6.92 Å². The summed E-state index contributed by atoms with van der Waals surface area (Å²) < 4.78 is 33.6. The first-order valence-corrected chi connectivity index (χ1v) is 7.59. The number of carbonyl (C=O) groups is 2. The fourth-order valence-electron chi connectivity index (χ4n) is 3.32. The second-order valence-corrected chi connectivity index (χ2v) is 7.03. The average Bonchev–Trinajstić information content (AvgIpc) is 2.78. The van der Waals surface area contributed by atoms with Crippen LogP contribution in [0.1, 0.15) is 41.0 Å². The van der Waals surface area contributed by atoms with Gasteiger partial charge in [-0.2, -0.15) is 0 Å². The Balaban J connectivity index is 1.92. The molecule has 8 nitrogen and oxygen atoms in total. The maximum Gasteiger partial charge on any atom is 0.341 e. The summed E-state index contributed by atoms with van der Waals surface area (Å²) in [6.07, 6.45) is -2.15. The van der Waals surface area contributed by atoms with E-state index in [1.807, 2.05) is 0 Å². The number of rotatable bonds is 2. The minimum absolute atomic E-state index is 0.126. The van der Waals surface area contributed by atoms with E-state index in [4.69, 9.17) is 28.4 Å². The molecule has 0 aromatic heterocycles. The molecule has 23 heavy (non-hydrogen) atoms. The van der Waals surface area contributed by atoms with Gasteiger partial charge in [0, 0.05) is 13.3 Å². The van der Waals surface area contributed by atoms with Gasteiger partial charge in [-0.3, -0.25) is 4.79 Å². The molecule has 3 saturated heterocycles. The van der Waals surface area contributed by atoms with Gasteiger partial charge in [0.25, 0.3) is 0 Å². The normalized spacial score (nSPS) is 40.7. The molecule has 0 bridgehead atoms. The molecule has 0 saturated carbocycles. The van der Waals surface area contributed by atoms with Crippen molar-refractivity contribution in [1.29, 1.82) is 0 Å². The van der Waals surface area contributed by atoms with Crippen LogP contribution in [0.5, 0.6) is 0 Å². The molecular weight excluding hydrogens is 308 g/mol. The van der Waals surface area contributed by atoms with E-state index in [0.717, 1.165) is 0 Å². The average molecular weight is 330 g/mol. The van der Waals surface area contributed by atoms with Gasteiger partial charge in [0.2, 0.25) is 6.29 Å². The van der Waals surface area contributed by atoms with Crippen LogP contribution in [-0.2, 0) is 38.0 Å². The smallest absolute Gasteiger partial charge is 0.341 e. The summed E-state index contributed by atoms with van der Waals surface area (Å²) in [4.78, 5) is 23.7. The lowest BCUT2D eigenvalue weighted by Gasteiger charge is -2.31. The summed E-state index contributed by atoms with van der Waals surface area (Å²) in [5.41, 5.74) is -1.17. The van der Waals surface area contributed by atoms with Crippen LogP contribution >= 0.6 is 0 Å². The third-order valence-corrected chi connectivity index (χ3v) is 3.98. The lowest BCUT2D eigenvalue weighted by Crippen LogP contribution is -2.49. The van der Waals surface area contributed by atoms with Crippen LogP contribution in [0.2, 0.25) is 0 Å². The van der Waals surface area contributed by atoms with E-state index in [-0.39, 0.29) is 13.0 Å². The Morgan fingerprint density at radius 3 is 2.52 bits per heavy atom. The third kappa shape index (κ3) is 3.08.